The zero-order valence-electron chi connectivity index (χ0n) is 14.6. The number of carbonyl (C=O) groups excluding carboxylic acids is 1. The topological polar surface area (TPSA) is 93.5 Å². The molecular weight excluding hydrogens is 341 g/mol. The predicted molar refractivity (Wildman–Crippen MR) is 91.1 cm³/mol. The molecule has 1 amide bonds. The minimum Gasteiger partial charge on any atom is -0.480 e. The Kier molecular flexibility index (Phi) is 5.03. The van der Waals surface area contributed by atoms with Crippen molar-refractivity contribution in [2.75, 3.05) is 13.7 Å². The Labute approximate surface area is 149 Å². The van der Waals surface area contributed by atoms with Gasteiger partial charge in [-0.1, -0.05) is 6.07 Å². The molecule has 7 nitrogen and oxygen atoms in total. The third kappa shape index (κ3) is 3.32. The molecule has 26 heavy (non-hydrogen) atoms. The number of methoxy groups -OCH3 is 1. The van der Waals surface area contributed by atoms with Crippen LogP contribution in [-0.2, 0) is 22.4 Å². The van der Waals surface area contributed by atoms with Crippen LogP contribution in [0.25, 0.3) is 5.69 Å². The fourth-order valence-electron chi connectivity index (χ4n) is 3.17. The number of nitrogens with zero attached hydrogens (tertiary/aromatic N) is 2. The monoisotopic (exact) mass is 361 g/mol. The van der Waals surface area contributed by atoms with Crippen molar-refractivity contribution in [2.24, 2.45) is 0 Å². The Bertz CT molecular complexity index is 862. The molecule has 1 aliphatic carbocycles. The molecule has 0 saturated carbocycles. The molecule has 2 aromatic rings. The van der Waals surface area contributed by atoms with Gasteiger partial charge in [0.05, 0.1) is 6.61 Å². The number of nitrogens with one attached hydrogen (secondary N) is 1. The van der Waals surface area contributed by atoms with Crippen LogP contribution in [0.4, 0.5) is 4.39 Å². The maximum absolute atomic E-state index is 14.4. The summed E-state index contributed by atoms with van der Waals surface area (Å²) in [5.74, 6) is -2.21. The lowest BCUT2D eigenvalue weighted by atomic mass is 10.1. The SMILES string of the molecule is COCC(NC(=O)c1nn(-c2ccc(C)cc2F)c2c1CCC2)C(=O)O. The van der Waals surface area contributed by atoms with Crippen molar-refractivity contribution in [1.82, 2.24) is 15.1 Å². The third-order valence-electron chi connectivity index (χ3n) is 4.41. The summed E-state index contributed by atoms with van der Waals surface area (Å²) >= 11 is 0. The van der Waals surface area contributed by atoms with Gasteiger partial charge in [-0.25, -0.2) is 13.9 Å². The number of aryl methyl sites for hydroxylation is 1. The summed E-state index contributed by atoms with van der Waals surface area (Å²) in [7, 11) is 1.36. The molecule has 1 heterocycles. The number of carbonyl (C=O) groups is 2. The van der Waals surface area contributed by atoms with Crippen LogP contribution in [0.5, 0.6) is 0 Å². The molecule has 3 rings (SSSR count). The van der Waals surface area contributed by atoms with Gasteiger partial charge < -0.3 is 15.2 Å². The van der Waals surface area contributed by atoms with Crippen molar-refractivity contribution in [2.45, 2.75) is 32.2 Å². The molecular formula is C18H20FN3O4. The van der Waals surface area contributed by atoms with Crippen molar-refractivity contribution < 1.29 is 23.8 Å². The fourth-order valence-corrected chi connectivity index (χ4v) is 3.17. The fraction of sp³-hybridized carbons (Fsp3) is 0.389. The molecule has 1 atom stereocenters. The van der Waals surface area contributed by atoms with Crippen molar-refractivity contribution in [3.8, 4) is 5.69 Å². The summed E-state index contributed by atoms with van der Waals surface area (Å²) < 4.78 is 20.7. The first-order valence-electron chi connectivity index (χ1n) is 8.32. The Morgan fingerprint density at radius 3 is 2.85 bits per heavy atom. The van der Waals surface area contributed by atoms with Gasteiger partial charge >= 0.3 is 5.97 Å². The summed E-state index contributed by atoms with van der Waals surface area (Å²) in [4.78, 5) is 23.8. The van der Waals surface area contributed by atoms with E-state index in [-0.39, 0.29) is 18.0 Å². The first-order valence-corrected chi connectivity index (χ1v) is 8.32. The van der Waals surface area contributed by atoms with E-state index in [9.17, 15) is 14.0 Å². The van der Waals surface area contributed by atoms with Gasteiger partial charge in [0.15, 0.2) is 11.7 Å². The molecule has 0 saturated heterocycles. The zero-order valence-corrected chi connectivity index (χ0v) is 14.6. The van der Waals surface area contributed by atoms with Crippen LogP contribution in [-0.4, -0.2) is 46.5 Å². The second-order valence-electron chi connectivity index (χ2n) is 6.31. The van der Waals surface area contributed by atoms with Crippen LogP contribution in [0.1, 0.15) is 33.7 Å². The number of ether oxygens (including phenoxy) is 1. The number of amides is 1. The van der Waals surface area contributed by atoms with Crippen molar-refractivity contribution in [3.05, 3.63) is 46.5 Å². The van der Waals surface area contributed by atoms with Gasteiger partial charge in [0, 0.05) is 18.4 Å². The number of aromatic nitrogens is 2. The van der Waals surface area contributed by atoms with Gasteiger partial charge in [-0.3, -0.25) is 4.79 Å². The molecule has 1 aliphatic rings. The van der Waals surface area contributed by atoms with E-state index < -0.39 is 23.7 Å². The van der Waals surface area contributed by atoms with E-state index in [1.807, 2.05) is 0 Å². The van der Waals surface area contributed by atoms with E-state index in [1.54, 1.807) is 19.1 Å². The lowest BCUT2D eigenvalue weighted by Gasteiger charge is -2.12. The van der Waals surface area contributed by atoms with Crippen LogP contribution in [0.3, 0.4) is 0 Å². The van der Waals surface area contributed by atoms with Gasteiger partial charge in [0.1, 0.15) is 11.5 Å². The van der Waals surface area contributed by atoms with Crippen molar-refractivity contribution >= 4 is 11.9 Å². The minimum absolute atomic E-state index is 0.139. The number of aliphatic carboxylic acids is 1. The van der Waals surface area contributed by atoms with Gasteiger partial charge in [0.25, 0.3) is 5.91 Å². The molecule has 1 aromatic carbocycles. The molecule has 0 bridgehead atoms. The smallest absolute Gasteiger partial charge is 0.328 e. The second-order valence-corrected chi connectivity index (χ2v) is 6.31. The number of carboxylic acids is 1. The molecule has 0 radical (unpaired) electrons. The first kappa shape index (κ1) is 18.1. The average molecular weight is 361 g/mol. The van der Waals surface area contributed by atoms with Crippen LogP contribution in [0, 0.1) is 12.7 Å². The summed E-state index contributed by atoms with van der Waals surface area (Å²) in [6.07, 6.45) is 2.17. The van der Waals surface area contributed by atoms with Crippen LogP contribution in [0.15, 0.2) is 18.2 Å². The maximum atomic E-state index is 14.4. The van der Waals surface area contributed by atoms with E-state index in [4.69, 9.17) is 9.84 Å². The van der Waals surface area contributed by atoms with E-state index in [0.29, 0.717) is 12.8 Å². The van der Waals surface area contributed by atoms with E-state index in [0.717, 1.165) is 23.2 Å². The van der Waals surface area contributed by atoms with Crippen LogP contribution >= 0.6 is 0 Å². The molecule has 2 N–H and O–H groups in total. The molecule has 8 heteroatoms. The maximum Gasteiger partial charge on any atom is 0.328 e. The van der Waals surface area contributed by atoms with E-state index in [1.165, 1.54) is 17.9 Å². The largest absolute Gasteiger partial charge is 0.480 e. The minimum atomic E-state index is -1.19. The standard InChI is InChI=1S/C18H20FN3O4/c1-10-6-7-15(12(19)8-10)22-14-5-3-4-11(14)16(21-22)17(23)20-13(9-26-2)18(24)25/h6-8,13H,3-5,9H2,1-2H3,(H,20,23)(H,24,25). The summed E-state index contributed by atoms with van der Waals surface area (Å²) in [6.45, 7) is 1.64. The van der Waals surface area contributed by atoms with Gasteiger partial charge in [-0.15, -0.1) is 0 Å². The number of fused-ring (bicyclic) bond motifs is 1. The highest BCUT2D eigenvalue weighted by molar-refractivity contribution is 5.96. The van der Waals surface area contributed by atoms with Gasteiger partial charge in [-0.05, 0) is 43.9 Å². The quantitative estimate of drug-likeness (QED) is 0.816. The van der Waals surface area contributed by atoms with Crippen molar-refractivity contribution in [1.29, 1.82) is 0 Å². The summed E-state index contributed by atoms with van der Waals surface area (Å²) in [5, 5.41) is 15.9. The number of rotatable bonds is 6. The first-order chi connectivity index (χ1) is 12.4. The number of benzene rings is 1. The van der Waals surface area contributed by atoms with E-state index in [2.05, 4.69) is 10.4 Å². The molecule has 0 fully saturated rings. The molecule has 1 aromatic heterocycles. The average Bonchev–Trinajstić information content (AvgIpc) is 3.17. The lowest BCUT2D eigenvalue weighted by Crippen LogP contribution is -2.44. The van der Waals surface area contributed by atoms with Crippen molar-refractivity contribution in [3.63, 3.8) is 0 Å². The van der Waals surface area contributed by atoms with Gasteiger partial charge in [0.2, 0.25) is 0 Å². The number of hydrogen-bond donors (Lipinski definition) is 2. The predicted octanol–water partition coefficient (Wildman–Crippen LogP) is 1.64. The highest BCUT2D eigenvalue weighted by Gasteiger charge is 2.30. The highest BCUT2D eigenvalue weighted by Crippen LogP contribution is 2.29. The summed E-state index contributed by atoms with van der Waals surface area (Å²) in [5.41, 5.74) is 2.73. The van der Waals surface area contributed by atoms with Gasteiger partial charge in [-0.2, -0.15) is 5.10 Å². The van der Waals surface area contributed by atoms with E-state index >= 15 is 0 Å². The second kappa shape index (κ2) is 7.25. The lowest BCUT2D eigenvalue weighted by molar-refractivity contribution is -0.140. The molecule has 1 unspecified atom stereocenters. The molecule has 0 spiro atoms. The summed E-state index contributed by atoms with van der Waals surface area (Å²) in [6, 6.07) is 3.64. The molecule has 0 aliphatic heterocycles. The number of carboxylic acid groups (broad SMARTS) is 1. The Balaban J connectivity index is 1.97. The normalized spacial score (nSPS) is 14.1. The Hall–Kier alpha value is -2.74. The van der Waals surface area contributed by atoms with Crippen LogP contribution in [0.2, 0.25) is 0 Å². The third-order valence-corrected chi connectivity index (χ3v) is 4.41. The number of halogens is 1. The zero-order chi connectivity index (χ0) is 18.8. The Morgan fingerprint density at radius 2 is 2.19 bits per heavy atom. The highest BCUT2D eigenvalue weighted by atomic mass is 19.1. The number of hydrogen-bond acceptors (Lipinski definition) is 4. The Morgan fingerprint density at radius 1 is 1.42 bits per heavy atom. The molecule has 138 valence electrons. The van der Waals surface area contributed by atoms with Crippen LogP contribution < -0.4 is 5.32 Å².